The molecule has 1 aliphatic heterocycles. The lowest BCUT2D eigenvalue weighted by Crippen LogP contribution is -2.41. The number of amides is 1. The van der Waals surface area contributed by atoms with E-state index in [1.54, 1.807) is 24.0 Å². The number of carbonyl (C=O) groups is 1. The topological polar surface area (TPSA) is 56.2 Å². The van der Waals surface area contributed by atoms with Gasteiger partial charge in [-0.25, -0.2) is 0 Å². The monoisotopic (exact) mass is 223 g/mol. The summed E-state index contributed by atoms with van der Waals surface area (Å²) in [6.07, 6.45) is 4.00. The van der Waals surface area contributed by atoms with Crippen molar-refractivity contribution in [1.29, 1.82) is 0 Å². The Bertz CT molecular complexity index is 369. The van der Waals surface area contributed by atoms with E-state index in [9.17, 15) is 4.79 Å². The van der Waals surface area contributed by atoms with Gasteiger partial charge in [-0.1, -0.05) is 0 Å². The Morgan fingerprint density at radius 2 is 2.56 bits per heavy atom. The van der Waals surface area contributed by atoms with Crippen LogP contribution in [0.4, 0.5) is 0 Å². The van der Waals surface area contributed by atoms with Crippen molar-refractivity contribution in [3.8, 4) is 0 Å². The van der Waals surface area contributed by atoms with Gasteiger partial charge in [0, 0.05) is 19.9 Å². The Balaban J connectivity index is 1.91. The molecule has 88 valence electrons. The molecule has 1 fully saturated rings. The van der Waals surface area contributed by atoms with E-state index in [-0.39, 0.29) is 18.1 Å². The smallest absolute Gasteiger partial charge is 0.272 e. The van der Waals surface area contributed by atoms with Gasteiger partial charge in [0.1, 0.15) is 5.69 Å². The van der Waals surface area contributed by atoms with Crippen molar-refractivity contribution >= 4 is 5.91 Å². The van der Waals surface area contributed by atoms with E-state index in [2.05, 4.69) is 10.4 Å². The van der Waals surface area contributed by atoms with Crippen LogP contribution in [0.15, 0.2) is 12.3 Å². The summed E-state index contributed by atoms with van der Waals surface area (Å²) in [7, 11) is 1.79. The van der Waals surface area contributed by atoms with E-state index in [0.29, 0.717) is 5.69 Å². The molecule has 0 bridgehead atoms. The van der Waals surface area contributed by atoms with Gasteiger partial charge in [-0.3, -0.25) is 9.48 Å². The summed E-state index contributed by atoms with van der Waals surface area (Å²) in [5.74, 6) is -0.136. The first-order valence-electron chi connectivity index (χ1n) is 5.59. The second-order valence-corrected chi connectivity index (χ2v) is 4.19. The molecule has 1 aliphatic rings. The number of hydrogen-bond donors (Lipinski definition) is 1. The number of aromatic nitrogens is 2. The summed E-state index contributed by atoms with van der Waals surface area (Å²) in [6, 6.07) is 1.74. The first-order valence-corrected chi connectivity index (χ1v) is 5.59. The Morgan fingerprint density at radius 3 is 3.12 bits per heavy atom. The largest absolute Gasteiger partial charge is 0.376 e. The predicted octanol–water partition coefficient (Wildman–Crippen LogP) is 0.717. The van der Waals surface area contributed by atoms with Crippen molar-refractivity contribution < 1.29 is 9.53 Å². The second-order valence-electron chi connectivity index (χ2n) is 4.19. The summed E-state index contributed by atoms with van der Waals surface area (Å²) in [6.45, 7) is 2.77. The van der Waals surface area contributed by atoms with Gasteiger partial charge in [-0.05, 0) is 25.8 Å². The molecule has 2 unspecified atom stereocenters. The van der Waals surface area contributed by atoms with Crippen LogP contribution in [0, 0.1) is 0 Å². The second kappa shape index (κ2) is 4.65. The summed E-state index contributed by atoms with van der Waals surface area (Å²) in [5, 5.41) is 6.97. The molecule has 2 heterocycles. The molecule has 2 rings (SSSR count). The van der Waals surface area contributed by atoms with Crippen LogP contribution >= 0.6 is 0 Å². The molecule has 0 saturated carbocycles. The zero-order valence-electron chi connectivity index (χ0n) is 9.64. The third-order valence-corrected chi connectivity index (χ3v) is 2.83. The molecule has 0 aliphatic carbocycles. The SMILES string of the molecule is CC(NC(=O)c1ccn(C)n1)C1CCCO1. The average Bonchev–Trinajstić information content (AvgIpc) is 2.87. The number of rotatable bonds is 3. The van der Waals surface area contributed by atoms with Crippen LogP contribution in [0.1, 0.15) is 30.3 Å². The van der Waals surface area contributed by atoms with Crippen molar-refractivity contribution in [1.82, 2.24) is 15.1 Å². The quantitative estimate of drug-likeness (QED) is 0.821. The van der Waals surface area contributed by atoms with E-state index in [1.165, 1.54) is 0 Å². The predicted molar refractivity (Wildman–Crippen MR) is 59.1 cm³/mol. The van der Waals surface area contributed by atoms with E-state index < -0.39 is 0 Å². The normalized spacial score (nSPS) is 22.0. The molecule has 1 saturated heterocycles. The fourth-order valence-electron chi connectivity index (χ4n) is 1.91. The van der Waals surface area contributed by atoms with Gasteiger partial charge in [0.15, 0.2) is 0 Å². The lowest BCUT2D eigenvalue weighted by Gasteiger charge is -2.19. The van der Waals surface area contributed by atoms with Crippen molar-refractivity contribution in [2.75, 3.05) is 6.61 Å². The van der Waals surface area contributed by atoms with E-state index in [1.807, 2.05) is 6.92 Å². The van der Waals surface area contributed by atoms with Gasteiger partial charge in [-0.2, -0.15) is 5.10 Å². The van der Waals surface area contributed by atoms with Crippen LogP contribution in [-0.2, 0) is 11.8 Å². The maximum atomic E-state index is 11.8. The number of aryl methyl sites for hydroxylation is 1. The van der Waals surface area contributed by atoms with Gasteiger partial charge in [0.25, 0.3) is 5.91 Å². The van der Waals surface area contributed by atoms with Crippen molar-refractivity contribution in [2.24, 2.45) is 7.05 Å². The highest BCUT2D eigenvalue weighted by Crippen LogP contribution is 2.15. The summed E-state index contributed by atoms with van der Waals surface area (Å²) in [4.78, 5) is 11.8. The van der Waals surface area contributed by atoms with Crippen LogP contribution in [-0.4, -0.2) is 34.4 Å². The third-order valence-electron chi connectivity index (χ3n) is 2.83. The Hall–Kier alpha value is -1.36. The molecule has 5 nitrogen and oxygen atoms in total. The number of nitrogens with zero attached hydrogens (tertiary/aromatic N) is 2. The molecule has 1 aromatic rings. The lowest BCUT2D eigenvalue weighted by molar-refractivity contribution is 0.0709. The highest BCUT2D eigenvalue weighted by atomic mass is 16.5. The van der Waals surface area contributed by atoms with Gasteiger partial charge >= 0.3 is 0 Å². The summed E-state index contributed by atoms with van der Waals surface area (Å²) >= 11 is 0. The highest BCUT2D eigenvalue weighted by molar-refractivity contribution is 5.92. The van der Waals surface area contributed by atoms with Gasteiger partial charge in [0.05, 0.1) is 12.1 Å². The summed E-state index contributed by atoms with van der Waals surface area (Å²) in [5.41, 5.74) is 0.451. The maximum Gasteiger partial charge on any atom is 0.272 e. The van der Waals surface area contributed by atoms with Crippen molar-refractivity contribution in [3.63, 3.8) is 0 Å². The van der Waals surface area contributed by atoms with Gasteiger partial charge in [0.2, 0.25) is 0 Å². The Labute approximate surface area is 94.8 Å². The van der Waals surface area contributed by atoms with Crippen LogP contribution in [0.3, 0.4) is 0 Å². The Morgan fingerprint density at radius 1 is 1.75 bits per heavy atom. The zero-order chi connectivity index (χ0) is 11.5. The first kappa shape index (κ1) is 11.1. The average molecular weight is 223 g/mol. The molecule has 2 atom stereocenters. The standard InChI is InChI=1S/C11H17N3O2/c1-8(10-4-3-7-16-10)12-11(15)9-5-6-14(2)13-9/h5-6,8,10H,3-4,7H2,1-2H3,(H,12,15). The number of hydrogen-bond acceptors (Lipinski definition) is 3. The fraction of sp³-hybridized carbons (Fsp3) is 0.636. The minimum Gasteiger partial charge on any atom is -0.376 e. The molecule has 0 spiro atoms. The minimum atomic E-state index is -0.136. The molecule has 1 aromatic heterocycles. The molecule has 0 aromatic carbocycles. The molecule has 1 N–H and O–H groups in total. The van der Waals surface area contributed by atoms with E-state index >= 15 is 0 Å². The molecule has 1 amide bonds. The Kier molecular flexibility index (Phi) is 3.24. The number of nitrogens with one attached hydrogen (secondary N) is 1. The molecule has 0 radical (unpaired) electrons. The summed E-state index contributed by atoms with van der Waals surface area (Å²) < 4.78 is 7.13. The van der Waals surface area contributed by atoms with Crippen LogP contribution in [0.2, 0.25) is 0 Å². The number of ether oxygens (including phenoxy) is 1. The van der Waals surface area contributed by atoms with Crippen molar-refractivity contribution in [3.05, 3.63) is 18.0 Å². The third kappa shape index (κ3) is 2.41. The first-order chi connectivity index (χ1) is 7.66. The van der Waals surface area contributed by atoms with Gasteiger partial charge in [-0.15, -0.1) is 0 Å². The van der Waals surface area contributed by atoms with Crippen molar-refractivity contribution in [2.45, 2.75) is 31.9 Å². The number of carbonyl (C=O) groups excluding carboxylic acids is 1. The molecule has 5 heteroatoms. The lowest BCUT2D eigenvalue weighted by atomic mass is 10.1. The van der Waals surface area contributed by atoms with Gasteiger partial charge < -0.3 is 10.1 Å². The maximum absolute atomic E-state index is 11.8. The van der Waals surface area contributed by atoms with Crippen LogP contribution in [0.5, 0.6) is 0 Å². The minimum absolute atomic E-state index is 0.0389. The van der Waals surface area contributed by atoms with E-state index in [0.717, 1.165) is 19.4 Å². The van der Waals surface area contributed by atoms with Crippen LogP contribution < -0.4 is 5.32 Å². The highest BCUT2D eigenvalue weighted by Gasteiger charge is 2.24. The molecule has 16 heavy (non-hydrogen) atoms. The fourth-order valence-corrected chi connectivity index (χ4v) is 1.91. The molecular formula is C11H17N3O2. The zero-order valence-corrected chi connectivity index (χ0v) is 9.64. The van der Waals surface area contributed by atoms with Crippen LogP contribution in [0.25, 0.3) is 0 Å². The van der Waals surface area contributed by atoms with E-state index in [4.69, 9.17) is 4.74 Å². The molecular weight excluding hydrogens is 206 g/mol.